The summed E-state index contributed by atoms with van der Waals surface area (Å²) < 4.78 is 5.21. The van der Waals surface area contributed by atoms with Crippen LogP contribution in [0.15, 0.2) is 30.3 Å². The van der Waals surface area contributed by atoms with E-state index in [0.717, 1.165) is 0 Å². The molecular weight excluding hydrogens is 260 g/mol. The zero-order valence-electron chi connectivity index (χ0n) is 11.2. The lowest BCUT2D eigenvalue weighted by atomic mass is 9.84. The van der Waals surface area contributed by atoms with E-state index in [9.17, 15) is 14.7 Å². The zero-order chi connectivity index (χ0) is 14.8. The van der Waals surface area contributed by atoms with Crippen LogP contribution in [0.25, 0.3) is 0 Å². The highest BCUT2D eigenvalue weighted by molar-refractivity contribution is 5.88. The highest BCUT2D eigenvalue weighted by atomic mass is 16.5. The van der Waals surface area contributed by atoms with E-state index in [1.807, 2.05) is 0 Å². The molecule has 1 saturated heterocycles. The molecule has 1 amide bonds. The molecule has 2 unspecified atom stereocenters. The van der Waals surface area contributed by atoms with Crippen LogP contribution in [0.5, 0.6) is 0 Å². The first-order chi connectivity index (χ1) is 9.45. The quantitative estimate of drug-likeness (QED) is 0.735. The van der Waals surface area contributed by atoms with Crippen molar-refractivity contribution in [3.8, 4) is 0 Å². The Balaban J connectivity index is 2.17. The SMILES string of the molecule is CC1(C(=O)N[C@H](C(=O)O)c2ccccc2)COCC1N. The van der Waals surface area contributed by atoms with Gasteiger partial charge in [0.25, 0.3) is 0 Å². The van der Waals surface area contributed by atoms with Gasteiger partial charge in [-0.3, -0.25) is 4.79 Å². The van der Waals surface area contributed by atoms with E-state index >= 15 is 0 Å². The Morgan fingerprint density at radius 2 is 2.10 bits per heavy atom. The number of carboxylic acids is 1. The molecule has 1 fully saturated rings. The van der Waals surface area contributed by atoms with Gasteiger partial charge in [0.2, 0.25) is 5.91 Å². The van der Waals surface area contributed by atoms with Gasteiger partial charge in [-0.1, -0.05) is 30.3 Å². The van der Waals surface area contributed by atoms with Crippen LogP contribution in [-0.4, -0.2) is 36.2 Å². The van der Waals surface area contributed by atoms with Crippen molar-refractivity contribution in [2.45, 2.75) is 19.0 Å². The number of nitrogens with two attached hydrogens (primary N) is 1. The Morgan fingerprint density at radius 1 is 1.45 bits per heavy atom. The summed E-state index contributed by atoms with van der Waals surface area (Å²) in [7, 11) is 0. The average molecular weight is 278 g/mol. The molecule has 0 aliphatic carbocycles. The maximum atomic E-state index is 12.3. The fourth-order valence-corrected chi connectivity index (χ4v) is 2.15. The second-order valence-corrected chi connectivity index (χ2v) is 5.19. The Labute approximate surface area is 116 Å². The van der Waals surface area contributed by atoms with Crippen molar-refractivity contribution >= 4 is 11.9 Å². The van der Waals surface area contributed by atoms with Crippen LogP contribution in [-0.2, 0) is 14.3 Å². The number of aliphatic carboxylic acids is 1. The lowest BCUT2D eigenvalue weighted by Crippen LogP contribution is -2.51. The minimum absolute atomic E-state index is 0.196. The van der Waals surface area contributed by atoms with Crippen LogP contribution in [0.1, 0.15) is 18.5 Å². The third kappa shape index (κ3) is 2.66. The molecule has 1 heterocycles. The van der Waals surface area contributed by atoms with Crippen LogP contribution in [0.2, 0.25) is 0 Å². The van der Waals surface area contributed by atoms with Crippen LogP contribution in [0.3, 0.4) is 0 Å². The summed E-state index contributed by atoms with van der Waals surface area (Å²) in [4.78, 5) is 23.7. The van der Waals surface area contributed by atoms with Crippen LogP contribution in [0, 0.1) is 5.41 Å². The number of ether oxygens (including phenoxy) is 1. The zero-order valence-corrected chi connectivity index (χ0v) is 11.2. The molecule has 3 atom stereocenters. The lowest BCUT2D eigenvalue weighted by Gasteiger charge is -2.27. The highest BCUT2D eigenvalue weighted by Crippen LogP contribution is 2.28. The first kappa shape index (κ1) is 14.5. The summed E-state index contributed by atoms with van der Waals surface area (Å²) in [5.41, 5.74) is 5.49. The normalized spacial score (nSPS) is 27.0. The molecule has 1 aromatic rings. The number of hydrogen-bond donors (Lipinski definition) is 3. The third-order valence-corrected chi connectivity index (χ3v) is 3.69. The van der Waals surface area contributed by atoms with Crippen molar-refractivity contribution in [3.63, 3.8) is 0 Å². The molecule has 1 aliphatic heterocycles. The van der Waals surface area contributed by atoms with Gasteiger partial charge in [-0.25, -0.2) is 4.79 Å². The van der Waals surface area contributed by atoms with E-state index in [0.29, 0.717) is 12.2 Å². The number of carbonyl (C=O) groups is 2. The number of amides is 1. The third-order valence-electron chi connectivity index (χ3n) is 3.69. The smallest absolute Gasteiger partial charge is 0.330 e. The second kappa shape index (κ2) is 5.60. The largest absolute Gasteiger partial charge is 0.479 e. The Bertz CT molecular complexity index is 505. The monoisotopic (exact) mass is 278 g/mol. The van der Waals surface area contributed by atoms with E-state index in [1.54, 1.807) is 37.3 Å². The van der Waals surface area contributed by atoms with Gasteiger partial charge in [-0.15, -0.1) is 0 Å². The van der Waals surface area contributed by atoms with Crippen LogP contribution >= 0.6 is 0 Å². The van der Waals surface area contributed by atoms with Gasteiger partial charge in [0.05, 0.1) is 18.6 Å². The molecule has 20 heavy (non-hydrogen) atoms. The molecular formula is C14H18N2O4. The maximum absolute atomic E-state index is 12.3. The van der Waals surface area contributed by atoms with Crippen molar-refractivity contribution < 1.29 is 19.4 Å². The molecule has 0 spiro atoms. The summed E-state index contributed by atoms with van der Waals surface area (Å²) in [6, 6.07) is 7.03. The Kier molecular flexibility index (Phi) is 4.06. The van der Waals surface area contributed by atoms with Crippen molar-refractivity contribution in [2.24, 2.45) is 11.1 Å². The van der Waals surface area contributed by atoms with E-state index in [1.165, 1.54) is 0 Å². The van der Waals surface area contributed by atoms with Crippen LogP contribution < -0.4 is 11.1 Å². The Hall–Kier alpha value is -1.92. The van der Waals surface area contributed by atoms with Gasteiger partial charge in [0.1, 0.15) is 0 Å². The number of carbonyl (C=O) groups excluding carboxylic acids is 1. The van der Waals surface area contributed by atoms with Gasteiger partial charge in [-0.2, -0.15) is 0 Å². The van der Waals surface area contributed by atoms with Crippen molar-refractivity contribution in [1.29, 1.82) is 0 Å². The van der Waals surface area contributed by atoms with Gasteiger partial charge < -0.3 is 20.9 Å². The number of carboxylic acid groups (broad SMARTS) is 1. The van der Waals surface area contributed by atoms with Gasteiger partial charge in [-0.05, 0) is 12.5 Å². The van der Waals surface area contributed by atoms with Crippen molar-refractivity contribution in [3.05, 3.63) is 35.9 Å². The van der Waals surface area contributed by atoms with Crippen LogP contribution in [0.4, 0.5) is 0 Å². The number of rotatable bonds is 4. The second-order valence-electron chi connectivity index (χ2n) is 5.19. The fraction of sp³-hybridized carbons (Fsp3) is 0.429. The van der Waals surface area contributed by atoms with E-state index in [4.69, 9.17) is 10.5 Å². The van der Waals surface area contributed by atoms with E-state index in [2.05, 4.69) is 5.32 Å². The number of nitrogens with one attached hydrogen (secondary N) is 1. The molecule has 6 nitrogen and oxygen atoms in total. The average Bonchev–Trinajstić information content (AvgIpc) is 2.77. The topological polar surface area (TPSA) is 102 Å². The molecule has 6 heteroatoms. The molecule has 0 bridgehead atoms. The summed E-state index contributed by atoms with van der Waals surface area (Å²) in [5, 5.41) is 11.8. The summed E-state index contributed by atoms with van der Waals surface area (Å²) in [6.45, 7) is 2.18. The summed E-state index contributed by atoms with van der Waals surface area (Å²) >= 11 is 0. The number of hydrogen-bond acceptors (Lipinski definition) is 4. The molecule has 1 aliphatic rings. The van der Waals surface area contributed by atoms with E-state index < -0.39 is 29.4 Å². The minimum atomic E-state index is -1.11. The van der Waals surface area contributed by atoms with Crippen molar-refractivity contribution in [2.75, 3.05) is 13.2 Å². The minimum Gasteiger partial charge on any atom is -0.479 e. The molecule has 2 rings (SSSR count). The maximum Gasteiger partial charge on any atom is 0.330 e. The standard InChI is InChI=1S/C14H18N2O4/c1-14(8-20-7-10(14)15)13(19)16-11(12(17)18)9-5-3-2-4-6-9/h2-6,10-11H,7-8,15H2,1H3,(H,16,19)(H,17,18)/t10?,11-,14?/m0/s1. The molecule has 0 saturated carbocycles. The van der Waals surface area contributed by atoms with Gasteiger partial charge in [0, 0.05) is 6.04 Å². The number of benzene rings is 1. The fourth-order valence-electron chi connectivity index (χ4n) is 2.15. The predicted octanol–water partition coefficient (Wildman–Crippen LogP) is 0.292. The summed E-state index contributed by atoms with van der Waals surface area (Å²) in [5.74, 6) is -1.51. The predicted molar refractivity (Wildman–Crippen MR) is 71.9 cm³/mol. The van der Waals surface area contributed by atoms with Crippen molar-refractivity contribution in [1.82, 2.24) is 5.32 Å². The molecule has 108 valence electrons. The first-order valence-electron chi connectivity index (χ1n) is 6.37. The molecule has 1 aromatic carbocycles. The highest BCUT2D eigenvalue weighted by Gasteiger charge is 2.45. The molecule has 0 aromatic heterocycles. The Morgan fingerprint density at radius 3 is 2.60 bits per heavy atom. The molecule has 0 radical (unpaired) electrons. The first-order valence-corrected chi connectivity index (χ1v) is 6.37. The lowest BCUT2D eigenvalue weighted by molar-refractivity contribution is -0.144. The van der Waals surface area contributed by atoms with E-state index in [-0.39, 0.29) is 6.61 Å². The summed E-state index contributed by atoms with van der Waals surface area (Å²) in [6.07, 6.45) is 0. The van der Waals surface area contributed by atoms with Gasteiger partial charge >= 0.3 is 5.97 Å². The molecule has 4 N–H and O–H groups in total. The van der Waals surface area contributed by atoms with Gasteiger partial charge in [0.15, 0.2) is 6.04 Å².